The maximum atomic E-state index is 5.85. The molecule has 0 aliphatic heterocycles. The number of ether oxygens (including phenoxy) is 4. The normalized spacial score (nSPS) is 18.2. The van der Waals surface area contributed by atoms with Gasteiger partial charge in [0.15, 0.2) is 0 Å². The summed E-state index contributed by atoms with van der Waals surface area (Å²) in [5.41, 5.74) is -0.836. The van der Waals surface area contributed by atoms with Crippen molar-refractivity contribution >= 4 is 0 Å². The average molecular weight is 276 g/mol. The molecule has 0 aliphatic rings. The third-order valence-corrected chi connectivity index (χ3v) is 4.37. The maximum Gasteiger partial charge on any atom is 0.224 e. The van der Waals surface area contributed by atoms with E-state index in [9.17, 15) is 0 Å². The van der Waals surface area contributed by atoms with E-state index in [4.69, 9.17) is 18.9 Å². The van der Waals surface area contributed by atoms with Crippen LogP contribution < -0.4 is 0 Å². The van der Waals surface area contributed by atoms with Gasteiger partial charge in [-0.2, -0.15) is 0 Å². The molecule has 0 aromatic carbocycles. The van der Waals surface area contributed by atoms with Crippen LogP contribution in [0.2, 0.25) is 0 Å². The number of hydrogen-bond acceptors (Lipinski definition) is 4. The van der Waals surface area contributed by atoms with Gasteiger partial charge >= 0.3 is 0 Å². The van der Waals surface area contributed by atoms with Crippen LogP contribution in [0.1, 0.15) is 47.5 Å². The molecular formula is C15H32O4. The molecule has 4 heteroatoms. The largest absolute Gasteiger partial charge is 0.376 e. The number of rotatable bonds is 8. The van der Waals surface area contributed by atoms with Crippen molar-refractivity contribution in [3.63, 3.8) is 0 Å². The molecule has 0 N–H and O–H groups in total. The van der Waals surface area contributed by atoms with Crippen LogP contribution in [0.4, 0.5) is 0 Å². The molecule has 2 unspecified atom stereocenters. The van der Waals surface area contributed by atoms with Gasteiger partial charge in [0.05, 0.1) is 0 Å². The highest BCUT2D eigenvalue weighted by Gasteiger charge is 2.61. The highest BCUT2D eigenvalue weighted by atomic mass is 16.7. The lowest BCUT2D eigenvalue weighted by Crippen LogP contribution is -2.68. The topological polar surface area (TPSA) is 36.9 Å². The Morgan fingerprint density at radius 2 is 1.32 bits per heavy atom. The lowest BCUT2D eigenvalue weighted by atomic mass is 9.69. The fourth-order valence-electron chi connectivity index (χ4n) is 2.74. The van der Waals surface area contributed by atoms with Crippen LogP contribution in [0.5, 0.6) is 0 Å². The van der Waals surface area contributed by atoms with Crippen molar-refractivity contribution in [2.24, 2.45) is 5.41 Å². The Morgan fingerprint density at radius 1 is 0.842 bits per heavy atom. The molecule has 116 valence electrons. The first-order valence-corrected chi connectivity index (χ1v) is 6.89. The summed E-state index contributed by atoms with van der Waals surface area (Å²) >= 11 is 0. The Hall–Kier alpha value is -0.160. The van der Waals surface area contributed by atoms with Gasteiger partial charge in [-0.1, -0.05) is 34.1 Å². The molecule has 0 amide bonds. The van der Waals surface area contributed by atoms with Gasteiger partial charge in [-0.05, 0) is 18.8 Å². The molecule has 0 aromatic heterocycles. The van der Waals surface area contributed by atoms with Crippen LogP contribution in [0.3, 0.4) is 0 Å². The second-order valence-corrected chi connectivity index (χ2v) is 6.08. The fourth-order valence-corrected chi connectivity index (χ4v) is 2.74. The van der Waals surface area contributed by atoms with Crippen molar-refractivity contribution in [3.8, 4) is 0 Å². The van der Waals surface area contributed by atoms with Crippen molar-refractivity contribution in [2.45, 2.75) is 65.0 Å². The lowest BCUT2D eigenvalue weighted by molar-refractivity contribution is -0.364. The minimum atomic E-state index is -0.954. The summed E-state index contributed by atoms with van der Waals surface area (Å²) in [4.78, 5) is 0. The Balaban J connectivity index is 5.84. The summed E-state index contributed by atoms with van der Waals surface area (Å²) in [6.07, 6.45) is 1.63. The second-order valence-electron chi connectivity index (χ2n) is 6.08. The fraction of sp³-hybridized carbons (Fsp3) is 1.00. The van der Waals surface area contributed by atoms with Crippen molar-refractivity contribution < 1.29 is 18.9 Å². The zero-order valence-corrected chi connectivity index (χ0v) is 14.1. The van der Waals surface area contributed by atoms with Gasteiger partial charge in [-0.25, -0.2) is 0 Å². The zero-order chi connectivity index (χ0) is 15.3. The van der Waals surface area contributed by atoms with E-state index >= 15 is 0 Å². The van der Waals surface area contributed by atoms with Crippen LogP contribution in [0.15, 0.2) is 0 Å². The third-order valence-electron chi connectivity index (χ3n) is 4.37. The summed E-state index contributed by atoms with van der Waals surface area (Å²) in [5, 5.41) is 0. The first kappa shape index (κ1) is 18.8. The first-order chi connectivity index (χ1) is 8.70. The Bertz CT molecular complexity index is 255. The van der Waals surface area contributed by atoms with Crippen LogP contribution in [-0.2, 0) is 18.9 Å². The quantitative estimate of drug-likeness (QED) is 0.638. The van der Waals surface area contributed by atoms with Crippen molar-refractivity contribution in [3.05, 3.63) is 0 Å². The van der Waals surface area contributed by atoms with Crippen molar-refractivity contribution in [2.75, 3.05) is 28.4 Å². The SMILES string of the molecule is CCCC(OC)C(OC)(OC)C(C)(OC)C(C)(C)C. The van der Waals surface area contributed by atoms with Gasteiger partial charge in [0, 0.05) is 28.4 Å². The predicted molar refractivity (Wildman–Crippen MR) is 77.3 cm³/mol. The van der Waals surface area contributed by atoms with Crippen LogP contribution in [0.25, 0.3) is 0 Å². The average Bonchev–Trinajstić information content (AvgIpc) is 2.37. The van der Waals surface area contributed by atoms with E-state index in [1.54, 1.807) is 28.4 Å². The first-order valence-electron chi connectivity index (χ1n) is 6.89. The minimum absolute atomic E-state index is 0.182. The summed E-state index contributed by atoms with van der Waals surface area (Å²) in [7, 11) is 6.67. The molecule has 0 fully saturated rings. The second kappa shape index (κ2) is 7.02. The highest BCUT2D eigenvalue weighted by Crippen LogP contribution is 2.46. The van der Waals surface area contributed by atoms with Gasteiger partial charge < -0.3 is 18.9 Å². The molecule has 0 radical (unpaired) electrons. The minimum Gasteiger partial charge on any atom is -0.376 e. The smallest absolute Gasteiger partial charge is 0.224 e. The highest BCUT2D eigenvalue weighted by molar-refractivity contribution is 5.04. The van der Waals surface area contributed by atoms with Crippen LogP contribution in [0, 0.1) is 5.41 Å². The summed E-state index contributed by atoms with van der Waals surface area (Å²) in [6, 6.07) is 0. The molecule has 0 aliphatic carbocycles. The molecule has 0 rings (SSSR count). The van der Waals surface area contributed by atoms with Crippen LogP contribution >= 0.6 is 0 Å². The van der Waals surface area contributed by atoms with Gasteiger partial charge in [0.1, 0.15) is 11.7 Å². The molecule has 0 bridgehead atoms. The van der Waals surface area contributed by atoms with E-state index in [-0.39, 0.29) is 11.5 Å². The number of hydrogen-bond donors (Lipinski definition) is 0. The summed E-state index contributed by atoms with van der Waals surface area (Å²) < 4.78 is 23.1. The zero-order valence-electron chi connectivity index (χ0n) is 14.1. The van der Waals surface area contributed by atoms with Crippen LogP contribution in [-0.4, -0.2) is 45.9 Å². The molecular weight excluding hydrogens is 244 g/mol. The molecule has 0 aromatic rings. The maximum absolute atomic E-state index is 5.85. The Kier molecular flexibility index (Phi) is 6.96. The Morgan fingerprint density at radius 3 is 1.53 bits per heavy atom. The molecule has 19 heavy (non-hydrogen) atoms. The Labute approximate surface area is 118 Å². The van der Waals surface area contributed by atoms with Gasteiger partial charge in [0.2, 0.25) is 5.79 Å². The van der Waals surface area contributed by atoms with Gasteiger partial charge in [-0.3, -0.25) is 0 Å². The van der Waals surface area contributed by atoms with E-state index < -0.39 is 11.4 Å². The molecule has 0 saturated carbocycles. The molecule has 0 heterocycles. The predicted octanol–water partition coefficient (Wildman–Crippen LogP) is 3.24. The van der Waals surface area contributed by atoms with E-state index in [0.717, 1.165) is 12.8 Å². The monoisotopic (exact) mass is 276 g/mol. The standard InChI is InChI=1S/C15H32O4/c1-10-11-12(16-6)15(18-8,19-9)14(5,17-7)13(2,3)4/h12H,10-11H2,1-9H3. The van der Waals surface area contributed by atoms with Gasteiger partial charge in [-0.15, -0.1) is 0 Å². The third kappa shape index (κ3) is 3.13. The van der Waals surface area contributed by atoms with E-state index in [1.807, 2.05) is 6.92 Å². The molecule has 2 atom stereocenters. The van der Waals surface area contributed by atoms with Crippen molar-refractivity contribution in [1.29, 1.82) is 0 Å². The molecule has 0 saturated heterocycles. The van der Waals surface area contributed by atoms with E-state index in [0.29, 0.717) is 0 Å². The van der Waals surface area contributed by atoms with Crippen molar-refractivity contribution in [1.82, 2.24) is 0 Å². The molecule has 4 nitrogen and oxygen atoms in total. The number of methoxy groups -OCH3 is 4. The lowest BCUT2D eigenvalue weighted by Gasteiger charge is -2.54. The van der Waals surface area contributed by atoms with E-state index in [1.165, 1.54) is 0 Å². The summed E-state index contributed by atoms with van der Waals surface area (Å²) in [6.45, 7) is 10.5. The molecule has 0 spiro atoms. The summed E-state index contributed by atoms with van der Waals surface area (Å²) in [5.74, 6) is -0.954. The van der Waals surface area contributed by atoms with Gasteiger partial charge in [0.25, 0.3) is 0 Å². The van der Waals surface area contributed by atoms with E-state index in [2.05, 4.69) is 27.7 Å².